The lowest BCUT2D eigenvalue weighted by atomic mass is 10.1. The van der Waals surface area contributed by atoms with Gasteiger partial charge in [0, 0.05) is 44.2 Å². The van der Waals surface area contributed by atoms with E-state index in [0.717, 1.165) is 10.6 Å². The van der Waals surface area contributed by atoms with Crippen LogP contribution in [-0.4, -0.2) is 104 Å². The van der Waals surface area contributed by atoms with Crippen molar-refractivity contribution in [3.05, 3.63) is 41.7 Å². The first-order chi connectivity index (χ1) is 22.4. The predicted octanol–water partition coefficient (Wildman–Crippen LogP) is 1.05. The molecule has 1 atom stereocenters. The van der Waals surface area contributed by atoms with Gasteiger partial charge in [-0.3, -0.25) is 19.3 Å². The molecule has 0 bridgehead atoms. The second-order valence-corrected chi connectivity index (χ2v) is 13.4. The zero-order chi connectivity index (χ0) is 34.1. The molecule has 1 aliphatic heterocycles. The van der Waals surface area contributed by atoms with Crippen LogP contribution in [0.3, 0.4) is 0 Å². The summed E-state index contributed by atoms with van der Waals surface area (Å²) in [5.74, 6) is -3.06. The number of Topliss-reactive ketones (excluding diaryl/α,β-unsaturated/α-hetero) is 1. The number of hydrogen-bond acceptors (Lipinski definition) is 16. The number of carbonyl (C=O) groups is 5. The maximum absolute atomic E-state index is 12.9. The fourth-order valence-corrected chi connectivity index (χ4v) is 5.52. The first-order valence-corrected chi connectivity index (χ1v) is 16.6. The number of nitrogens with zero attached hydrogens (tertiary/aromatic N) is 6. The van der Waals surface area contributed by atoms with Gasteiger partial charge < -0.3 is 36.8 Å². The lowest BCUT2D eigenvalue weighted by Gasteiger charge is -2.21. The lowest BCUT2D eigenvalue weighted by molar-refractivity contribution is -0.141. The van der Waals surface area contributed by atoms with Gasteiger partial charge in [0.15, 0.2) is 22.8 Å². The van der Waals surface area contributed by atoms with Crippen molar-refractivity contribution in [2.45, 2.75) is 36.4 Å². The molecule has 2 aromatic heterocycles. The fourth-order valence-electron chi connectivity index (χ4n) is 4.29. The maximum Gasteiger partial charge on any atom is 0.417 e. The summed E-state index contributed by atoms with van der Waals surface area (Å²) in [6.07, 6.45) is 0.0640. The molecule has 1 fully saturated rings. The van der Waals surface area contributed by atoms with Crippen molar-refractivity contribution < 1.29 is 33.8 Å². The molecule has 250 valence electrons. The molecule has 19 heteroatoms. The molecule has 17 nitrogen and oxygen atoms in total. The summed E-state index contributed by atoms with van der Waals surface area (Å²) in [5.41, 5.74) is 13.6. The minimum absolute atomic E-state index is 0.00208. The molecule has 0 unspecified atom stereocenters. The number of carbonyl (C=O) groups excluding carboxylic acids is 4. The summed E-state index contributed by atoms with van der Waals surface area (Å²) in [5, 5.41) is 14.9. The third-order valence-corrected chi connectivity index (χ3v) is 8.99. The van der Waals surface area contributed by atoms with E-state index in [1.54, 1.807) is 54.0 Å². The normalized spacial score (nSPS) is 13.1. The van der Waals surface area contributed by atoms with Crippen LogP contribution in [-0.2, 0) is 25.7 Å². The van der Waals surface area contributed by atoms with Gasteiger partial charge in [-0.25, -0.2) is 19.6 Å². The van der Waals surface area contributed by atoms with Gasteiger partial charge in [-0.1, -0.05) is 21.6 Å². The summed E-state index contributed by atoms with van der Waals surface area (Å²) >= 11 is 0. The number of amides is 2. The number of nitrogen functional groups attached to an aromatic ring is 2. The lowest BCUT2D eigenvalue weighted by Crippen LogP contribution is -2.42. The van der Waals surface area contributed by atoms with E-state index in [0.29, 0.717) is 30.7 Å². The van der Waals surface area contributed by atoms with E-state index >= 15 is 0 Å². The highest BCUT2D eigenvalue weighted by atomic mass is 33.2. The molecule has 0 aliphatic carbocycles. The van der Waals surface area contributed by atoms with Crippen molar-refractivity contribution in [3.8, 4) is 0 Å². The molecule has 1 saturated heterocycles. The summed E-state index contributed by atoms with van der Waals surface area (Å²) in [6.45, 7) is 0.639. The second kappa shape index (κ2) is 16.2. The number of hydrogen-bond donors (Lipinski definition) is 5. The molecule has 0 saturated carbocycles. The quantitative estimate of drug-likeness (QED) is 0.0611. The molecule has 3 heterocycles. The average Bonchev–Trinajstić information content (AvgIpc) is 3.85. The Morgan fingerprint density at radius 3 is 2.47 bits per heavy atom. The Morgan fingerprint density at radius 2 is 1.81 bits per heavy atom. The third kappa shape index (κ3) is 10.4. The molecule has 7 N–H and O–H groups in total. The van der Waals surface area contributed by atoms with Crippen LogP contribution in [0.2, 0.25) is 0 Å². The van der Waals surface area contributed by atoms with Crippen LogP contribution in [0.15, 0.2) is 30.5 Å². The van der Waals surface area contributed by atoms with Crippen LogP contribution in [0, 0.1) is 0 Å². The van der Waals surface area contributed by atoms with Gasteiger partial charge in [0.25, 0.3) is 5.91 Å². The Morgan fingerprint density at radius 1 is 1.09 bits per heavy atom. The number of aromatic nitrogens is 4. The highest BCUT2D eigenvalue weighted by Crippen LogP contribution is 2.55. The van der Waals surface area contributed by atoms with E-state index in [2.05, 4.69) is 30.6 Å². The van der Waals surface area contributed by atoms with Crippen LogP contribution < -0.4 is 27.0 Å². The molecule has 4 rings (SSSR count). The SMILES string of the molecule is CNCCN(CC(=O)CC1SS1)C(=O)OC(=O)CC[C@H](NC(=O)c1ccc(N(C)Cc2cnc3nc(N)nc(N)c3n2)cc1)C(=O)O. The third-order valence-electron chi connectivity index (χ3n) is 6.80. The van der Waals surface area contributed by atoms with Crippen LogP contribution in [0.5, 0.6) is 0 Å². The number of likely N-dealkylation sites (N-methyl/N-ethyl adjacent to an activating group) is 1. The number of esters is 1. The standard InChI is InChI=1S/C28H34N10O7S2/c1-31-9-10-38(14-18(39)11-21-46-47-21)28(44)45-20(40)8-7-19(26(42)43)34-25(41)15-3-5-17(6-4-15)37(2)13-16-12-32-24-22(33-16)23(29)35-27(30)36-24/h3-6,12,19,21,31H,7-11,13-14H2,1-2H3,(H,34,41)(H,42,43)(H4,29,30,32,35,36)/t19-/m0/s1. The van der Waals surface area contributed by atoms with E-state index < -0.39 is 36.4 Å². The minimum Gasteiger partial charge on any atom is -0.480 e. The molecule has 2 amide bonds. The monoisotopic (exact) mass is 686 g/mol. The Labute approximate surface area is 277 Å². The van der Waals surface area contributed by atoms with Gasteiger partial charge in [-0.2, -0.15) is 9.97 Å². The number of ketones is 1. The van der Waals surface area contributed by atoms with Gasteiger partial charge >= 0.3 is 18.0 Å². The highest BCUT2D eigenvalue weighted by molar-refractivity contribution is 8.92. The minimum atomic E-state index is -1.43. The first-order valence-electron chi connectivity index (χ1n) is 14.3. The number of nitrogens with one attached hydrogen (secondary N) is 2. The molecule has 47 heavy (non-hydrogen) atoms. The molecular weight excluding hydrogens is 653 g/mol. The Hall–Kier alpha value is -4.75. The van der Waals surface area contributed by atoms with Crippen molar-refractivity contribution in [2.75, 3.05) is 50.1 Å². The summed E-state index contributed by atoms with van der Waals surface area (Å²) in [6, 6.07) is 4.96. The number of aliphatic carboxylic acids is 1. The van der Waals surface area contributed by atoms with Gasteiger partial charge in [0.05, 0.1) is 29.6 Å². The summed E-state index contributed by atoms with van der Waals surface area (Å²) < 4.78 is 5.07. The number of carboxylic acids is 1. The molecule has 0 radical (unpaired) electrons. The van der Waals surface area contributed by atoms with E-state index in [1.165, 1.54) is 12.1 Å². The van der Waals surface area contributed by atoms with Crippen molar-refractivity contribution in [3.63, 3.8) is 0 Å². The number of carboxylic acid groups (broad SMARTS) is 1. The van der Waals surface area contributed by atoms with Crippen molar-refractivity contribution in [1.29, 1.82) is 0 Å². The number of benzene rings is 1. The molecule has 1 aromatic carbocycles. The van der Waals surface area contributed by atoms with Gasteiger partial charge in [-0.05, 0) is 37.7 Å². The van der Waals surface area contributed by atoms with E-state index in [9.17, 15) is 29.1 Å². The average molecular weight is 687 g/mol. The summed E-state index contributed by atoms with van der Waals surface area (Å²) in [4.78, 5) is 81.5. The van der Waals surface area contributed by atoms with Crippen molar-refractivity contribution in [1.82, 2.24) is 35.5 Å². The summed E-state index contributed by atoms with van der Waals surface area (Å²) in [7, 11) is 6.64. The number of nitrogens with two attached hydrogens (primary N) is 2. The largest absolute Gasteiger partial charge is 0.480 e. The van der Waals surface area contributed by atoms with Crippen LogP contribution in [0.25, 0.3) is 11.2 Å². The number of anilines is 3. The molecule has 0 spiro atoms. The number of rotatable bonds is 16. The number of ether oxygens (including phenoxy) is 1. The Bertz CT molecular complexity index is 1640. The van der Waals surface area contributed by atoms with Gasteiger partial charge in [0.2, 0.25) is 5.95 Å². The number of fused-ring (bicyclic) bond motifs is 1. The van der Waals surface area contributed by atoms with Gasteiger partial charge in [-0.15, -0.1) is 0 Å². The predicted molar refractivity (Wildman–Crippen MR) is 176 cm³/mol. The zero-order valence-corrected chi connectivity index (χ0v) is 27.2. The van der Waals surface area contributed by atoms with Crippen molar-refractivity contribution >= 4 is 79.9 Å². The molecule has 3 aromatic rings. The molecular formula is C28H34N10O7S2. The molecule has 1 aliphatic rings. The van der Waals surface area contributed by atoms with Crippen LogP contribution in [0.1, 0.15) is 35.3 Å². The van der Waals surface area contributed by atoms with E-state index in [-0.39, 0.29) is 52.9 Å². The second-order valence-electron chi connectivity index (χ2n) is 10.4. The fraction of sp³-hybridized carbons (Fsp3) is 0.393. The van der Waals surface area contributed by atoms with Crippen LogP contribution >= 0.6 is 21.6 Å². The topological polar surface area (TPSA) is 249 Å². The smallest absolute Gasteiger partial charge is 0.417 e. The Balaban J connectivity index is 1.28. The van der Waals surface area contributed by atoms with Gasteiger partial charge in [0.1, 0.15) is 6.04 Å². The van der Waals surface area contributed by atoms with E-state index in [4.69, 9.17) is 16.2 Å². The highest BCUT2D eigenvalue weighted by Gasteiger charge is 2.30. The maximum atomic E-state index is 12.9. The first kappa shape index (κ1) is 35.1. The van der Waals surface area contributed by atoms with E-state index in [1.807, 2.05) is 4.90 Å². The Kier molecular flexibility index (Phi) is 12.1. The van der Waals surface area contributed by atoms with Crippen molar-refractivity contribution in [2.24, 2.45) is 0 Å². The van der Waals surface area contributed by atoms with Crippen LogP contribution in [0.4, 0.5) is 22.2 Å². The zero-order valence-electron chi connectivity index (χ0n) is 25.5.